The fraction of sp³-hybridized carbons (Fsp3) is 0. The zero-order valence-corrected chi connectivity index (χ0v) is 3.32. The van der Waals surface area contributed by atoms with Crippen LogP contribution in [0.15, 0.2) is 24.7 Å². The second-order valence-electron chi connectivity index (χ2n) is 0.868. The van der Waals surface area contributed by atoms with Crippen molar-refractivity contribution in [3.05, 3.63) is 24.7 Å². The second-order valence-corrected chi connectivity index (χ2v) is 0.868. The van der Waals surface area contributed by atoms with Crippen LogP contribution in [-0.4, -0.2) is 0 Å². The topological polar surface area (TPSA) is 26.0 Å². The number of hydrogen-bond donors (Lipinski definition) is 1. The predicted octanol–water partition coefficient (Wildman–Crippen LogP) is 0.942. The van der Waals surface area contributed by atoms with Crippen molar-refractivity contribution in [3.63, 3.8) is 0 Å². The molecule has 0 heterocycles. The lowest BCUT2D eigenvalue weighted by Crippen LogP contribution is -1.86. The Kier molecular flexibility index (Phi) is 2.13. The van der Waals surface area contributed by atoms with Gasteiger partial charge < -0.3 is 5.73 Å². The van der Waals surface area contributed by atoms with Crippen molar-refractivity contribution < 1.29 is 4.39 Å². The minimum Gasteiger partial charge on any atom is -0.399 e. The van der Waals surface area contributed by atoms with Crippen molar-refractivity contribution in [2.24, 2.45) is 5.73 Å². The van der Waals surface area contributed by atoms with Crippen LogP contribution in [0.3, 0.4) is 0 Å². The summed E-state index contributed by atoms with van der Waals surface area (Å²) in [5.41, 5.74) is 5.12. The van der Waals surface area contributed by atoms with E-state index in [2.05, 4.69) is 6.58 Å². The summed E-state index contributed by atoms with van der Waals surface area (Å²) in [4.78, 5) is 0. The largest absolute Gasteiger partial charge is 0.399 e. The molecule has 0 aromatic heterocycles. The lowest BCUT2D eigenvalue weighted by Gasteiger charge is -1.76. The van der Waals surface area contributed by atoms with Crippen LogP contribution in [0.1, 0.15) is 0 Å². The summed E-state index contributed by atoms with van der Waals surface area (Å²) >= 11 is 0. The molecule has 0 unspecified atom stereocenters. The average Bonchev–Trinajstić information content (AvgIpc) is 1.35. The first-order chi connectivity index (χ1) is 2.77. The molecule has 0 aromatic carbocycles. The molecule has 0 fully saturated rings. The van der Waals surface area contributed by atoms with E-state index in [1.807, 2.05) is 0 Å². The van der Waals surface area contributed by atoms with Gasteiger partial charge in [-0.05, 0) is 6.08 Å². The minimum atomic E-state index is 0.234. The lowest BCUT2D eigenvalue weighted by molar-refractivity contribution is 0.720. The highest BCUT2D eigenvalue weighted by Gasteiger charge is 1.65. The monoisotopic (exact) mass is 87.0 g/mol. The first-order valence-electron chi connectivity index (χ1n) is 1.48. The fourth-order valence-corrected chi connectivity index (χ4v) is 0.0809. The predicted molar refractivity (Wildman–Crippen MR) is 23.6 cm³/mol. The van der Waals surface area contributed by atoms with Crippen LogP contribution >= 0.6 is 0 Å². The molecule has 0 atom stereocenters. The standard InChI is InChI=1S/C4H6FN/c1-4(6)2-3-5/h2-3H,1,6H2/b3-2+. The maximum Gasteiger partial charge on any atom is 0.0887 e. The molecule has 0 aromatic rings. The van der Waals surface area contributed by atoms with Crippen molar-refractivity contribution in [1.82, 2.24) is 0 Å². The third kappa shape index (κ3) is 3.21. The van der Waals surface area contributed by atoms with E-state index in [0.29, 0.717) is 6.33 Å². The molecule has 0 amide bonds. The van der Waals surface area contributed by atoms with Gasteiger partial charge in [0.05, 0.1) is 6.33 Å². The quantitative estimate of drug-likeness (QED) is 0.473. The van der Waals surface area contributed by atoms with E-state index in [-0.39, 0.29) is 5.70 Å². The lowest BCUT2D eigenvalue weighted by atomic mass is 10.5. The van der Waals surface area contributed by atoms with Gasteiger partial charge in [0.15, 0.2) is 0 Å². The van der Waals surface area contributed by atoms with Gasteiger partial charge in [-0.15, -0.1) is 0 Å². The maximum absolute atomic E-state index is 10.9. The van der Waals surface area contributed by atoms with Crippen molar-refractivity contribution in [1.29, 1.82) is 0 Å². The van der Waals surface area contributed by atoms with Crippen molar-refractivity contribution >= 4 is 0 Å². The van der Waals surface area contributed by atoms with Gasteiger partial charge in [0, 0.05) is 5.70 Å². The third-order valence-electron chi connectivity index (χ3n) is 0.277. The Bertz CT molecular complexity index is 75.6. The molecule has 0 rings (SSSR count). The average molecular weight is 87.1 g/mol. The van der Waals surface area contributed by atoms with Gasteiger partial charge in [0.25, 0.3) is 0 Å². The normalized spacial score (nSPS) is 9.50. The van der Waals surface area contributed by atoms with Gasteiger partial charge in [0.1, 0.15) is 0 Å². The van der Waals surface area contributed by atoms with E-state index >= 15 is 0 Å². The van der Waals surface area contributed by atoms with Gasteiger partial charge in [-0.2, -0.15) is 0 Å². The molecule has 0 saturated heterocycles. The fourth-order valence-electron chi connectivity index (χ4n) is 0.0809. The second kappa shape index (κ2) is 2.45. The van der Waals surface area contributed by atoms with E-state index in [1.165, 1.54) is 0 Å². The summed E-state index contributed by atoms with van der Waals surface area (Å²) in [5.74, 6) is 0. The van der Waals surface area contributed by atoms with Crippen molar-refractivity contribution in [2.75, 3.05) is 0 Å². The summed E-state index contributed by atoms with van der Waals surface area (Å²) in [6, 6.07) is 0. The zero-order chi connectivity index (χ0) is 4.99. The summed E-state index contributed by atoms with van der Waals surface area (Å²) < 4.78 is 10.9. The molecule has 0 saturated carbocycles. The molecular formula is C4H6FN. The van der Waals surface area contributed by atoms with Gasteiger partial charge >= 0.3 is 0 Å². The highest BCUT2D eigenvalue weighted by Crippen LogP contribution is 1.78. The molecule has 0 aliphatic carbocycles. The highest BCUT2D eigenvalue weighted by atomic mass is 19.1. The van der Waals surface area contributed by atoms with Gasteiger partial charge in [-0.3, -0.25) is 0 Å². The number of nitrogens with two attached hydrogens (primary N) is 1. The SMILES string of the molecule is C=C(N)/C=C/F. The van der Waals surface area contributed by atoms with Crippen LogP contribution in [0.2, 0.25) is 0 Å². The Hall–Kier alpha value is -0.790. The van der Waals surface area contributed by atoms with E-state index in [1.54, 1.807) is 0 Å². The molecular weight excluding hydrogens is 81.0 g/mol. The van der Waals surface area contributed by atoms with Crippen LogP contribution in [0.5, 0.6) is 0 Å². The molecule has 0 spiro atoms. The highest BCUT2D eigenvalue weighted by molar-refractivity contribution is 5.06. The molecule has 0 aliphatic heterocycles. The smallest absolute Gasteiger partial charge is 0.0887 e. The summed E-state index contributed by atoms with van der Waals surface area (Å²) in [5, 5.41) is 0. The van der Waals surface area contributed by atoms with Crippen LogP contribution in [0.4, 0.5) is 4.39 Å². The number of rotatable bonds is 1. The third-order valence-corrected chi connectivity index (χ3v) is 0.277. The molecule has 6 heavy (non-hydrogen) atoms. The van der Waals surface area contributed by atoms with E-state index in [9.17, 15) is 4.39 Å². The molecule has 0 bridgehead atoms. The summed E-state index contributed by atoms with van der Waals surface area (Å²) in [6.07, 6.45) is 1.43. The molecule has 34 valence electrons. The van der Waals surface area contributed by atoms with Crippen LogP contribution < -0.4 is 5.73 Å². The van der Waals surface area contributed by atoms with E-state index in [4.69, 9.17) is 5.73 Å². The Labute approximate surface area is 36.0 Å². The van der Waals surface area contributed by atoms with Gasteiger partial charge in [-0.25, -0.2) is 4.39 Å². The van der Waals surface area contributed by atoms with Crippen LogP contribution in [0, 0.1) is 0 Å². The Morgan fingerprint density at radius 3 is 2.33 bits per heavy atom. The van der Waals surface area contributed by atoms with Crippen LogP contribution in [0.25, 0.3) is 0 Å². The summed E-state index contributed by atoms with van der Waals surface area (Å²) in [6.45, 7) is 3.20. The van der Waals surface area contributed by atoms with Gasteiger partial charge in [0.2, 0.25) is 0 Å². The Morgan fingerprint density at radius 2 is 2.33 bits per heavy atom. The Balaban J connectivity index is 3.30. The number of hydrogen-bond acceptors (Lipinski definition) is 1. The zero-order valence-electron chi connectivity index (χ0n) is 3.32. The van der Waals surface area contributed by atoms with Crippen molar-refractivity contribution in [2.45, 2.75) is 0 Å². The molecule has 0 aliphatic rings. The molecule has 0 radical (unpaired) electrons. The first-order valence-corrected chi connectivity index (χ1v) is 1.48. The molecule has 2 heteroatoms. The number of allylic oxidation sites excluding steroid dienone is 1. The molecule has 2 N–H and O–H groups in total. The van der Waals surface area contributed by atoms with E-state index in [0.717, 1.165) is 6.08 Å². The first kappa shape index (κ1) is 5.21. The number of halogens is 1. The maximum atomic E-state index is 10.9. The van der Waals surface area contributed by atoms with Gasteiger partial charge in [-0.1, -0.05) is 6.58 Å². The minimum absolute atomic E-state index is 0.234. The summed E-state index contributed by atoms with van der Waals surface area (Å²) in [7, 11) is 0. The van der Waals surface area contributed by atoms with E-state index < -0.39 is 0 Å². The molecule has 1 nitrogen and oxygen atoms in total. The van der Waals surface area contributed by atoms with Crippen LogP contribution in [-0.2, 0) is 0 Å². The van der Waals surface area contributed by atoms with Crippen molar-refractivity contribution in [3.8, 4) is 0 Å². The Morgan fingerprint density at radius 1 is 1.83 bits per heavy atom.